The number of hydrogen-bond acceptors (Lipinski definition) is 3. The van der Waals surface area contributed by atoms with Gasteiger partial charge in [0.15, 0.2) is 5.78 Å². The van der Waals surface area contributed by atoms with Gasteiger partial charge in [-0.15, -0.1) is 0 Å². The van der Waals surface area contributed by atoms with Crippen LogP contribution in [0.1, 0.15) is 106 Å². The summed E-state index contributed by atoms with van der Waals surface area (Å²) in [6.45, 7) is 22.3. The molecule has 4 saturated carbocycles. The van der Waals surface area contributed by atoms with Crippen molar-refractivity contribution < 1.29 is 14.3 Å². The third-order valence-corrected chi connectivity index (χ3v) is 20.3. The molecule has 3 aromatic rings. The Morgan fingerprint density at radius 2 is 1.26 bits per heavy atom. The van der Waals surface area contributed by atoms with Gasteiger partial charge in [-0.1, -0.05) is 133 Å². The number of Topliss-reactive ketones (excluding diaryl/α,β-unsaturated/α-hetero) is 1. The number of hydrogen-bond donors (Lipinski definition) is 0. The van der Waals surface area contributed by atoms with Crippen molar-refractivity contribution in [2.45, 2.75) is 112 Å². The highest BCUT2D eigenvalue weighted by Crippen LogP contribution is 2.75. The highest BCUT2D eigenvalue weighted by atomic mass is 31.2. The van der Waals surface area contributed by atoms with Gasteiger partial charge in [0.05, 0.1) is 6.57 Å². The number of carbonyl (C=O) groups is 2. The van der Waals surface area contributed by atoms with E-state index in [-0.39, 0.29) is 45.4 Å². The number of nitrogens with zero attached hydrogens (tertiary/aromatic N) is 1. The van der Waals surface area contributed by atoms with E-state index < -0.39 is 6.89 Å². The maximum atomic E-state index is 15.0. The second kappa shape index (κ2) is 14.0. The van der Waals surface area contributed by atoms with Crippen molar-refractivity contribution in [1.29, 1.82) is 0 Å². The van der Waals surface area contributed by atoms with Crippen molar-refractivity contribution in [3.8, 4) is 0 Å². The van der Waals surface area contributed by atoms with E-state index >= 15 is 0 Å². The van der Waals surface area contributed by atoms with Crippen LogP contribution in [-0.2, 0) is 14.3 Å². The SMILES string of the molecule is [C-]#[N+]C(C(=O)C[C@@H](C)C1CC[C@@]2(C)C3CCC4C(C)(C)[C@@H](OC(C)=O)CC[C@]4(C)C3CC[C@]12C)=P(c1ccccc1)(c1ccccc1)c1ccccc1. The van der Waals surface area contributed by atoms with Crippen molar-refractivity contribution >= 4 is 40.0 Å². The zero-order valence-electron chi connectivity index (χ0n) is 33.1. The van der Waals surface area contributed by atoms with Crippen molar-refractivity contribution in [3.63, 3.8) is 0 Å². The first kappa shape index (κ1) is 37.9. The van der Waals surface area contributed by atoms with Gasteiger partial charge in [-0.3, -0.25) is 4.79 Å². The maximum absolute atomic E-state index is 15.0. The Kier molecular flexibility index (Phi) is 10.0. The van der Waals surface area contributed by atoms with E-state index in [1.54, 1.807) is 6.92 Å². The van der Waals surface area contributed by atoms with Gasteiger partial charge >= 0.3 is 5.97 Å². The number of benzene rings is 3. The van der Waals surface area contributed by atoms with Gasteiger partial charge in [0.25, 0.3) is 0 Å². The van der Waals surface area contributed by atoms with E-state index in [9.17, 15) is 9.59 Å². The second-order valence-electron chi connectivity index (χ2n) is 18.5. The third kappa shape index (κ3) is 5.82. The molecule has 4 nitrogen and oxygen atoms in total. The van der Waals surface area contributed by atoms with E-state index in [2.05, 4.69) is 82.8 Å². The zero-order valence-corrected chi connectivity index (χ0v) is 34.0. The summed E-state index contributed by atoms with van der Waals surface area (Å²) in [5.74, 6) is 2.35. The number of rotatable bonds is 8. The molecule has 0 amide bonds. The van der Waals surface area contributed by atoms with Crippen molar-refractivity contribution in [1.82, 2.24) is 0 Å². The van der Waals surface area contributed by atoms with Crippen molar-refractivity contribution in [2.75, 3.05) is 0 Å². The van der Waals surface area contributed by atoms with Crippen LogP contribution in [0.4, 0.5) is 0 Å². The number of esters is 1. The Hall–Kier alpha value is -3.41. The van der Waals surface area contributed by atoms with Gasteiger partial charge in [-0.25, -0.2) is 4.85 Å². The lowest BCUT2D eigenvalue weighted by Gasteiger charge is -2.67. The predicted molar refractivity (Wildman–Crippen MR) is 220 cm³/mol. The monoisotopic (exact) mass is 729 g/mol. The molecule has 5 heteroatoms. The lowest BCUT2D eigenvalue weighted by Crippen LogP contribution is -2.62. The van der Waals surface area contributed by atoms with E-state index in [0.29, 0.717) is 35.5 Å². The quantitative estimate of drug-likeness (QED) is 0.132. The van der Waals surface area contributed by atoms with Gasteiger partial charge in [0.1, 0.15) is 6.10 Å². The van der Waals surface area contributed by atoms with Crippen LogP contribution in [0.25, 0.3) is 4.85 Å². The Morgan fingerprint density at radius 3 is 1.77 bits per heavy atom. The fourth-order valence-electron chi connectivity index (χ4n) is 13.5. The molecule has 9 atom stereocenters. The van der Waals surface area contributed by atoms with Gasteiger partial charge in [-0.05, 0) is 120 Å². The van der Waals surface area contributed by atoms with Crippen LogP contribution in [-0.4, -0.2) is 23.3 Å². The largest absolute Gasteiger partial charge is 0.462 e. The normalized spacial score (nSPS) is 33.7. The summed E-state index contributed by atoms with van der Waals surface area (Å²) in [5.41, 5.74) is 0.966. The summed E-state index contributed by atoms with van der Waals surface area (Å²) >= 11 is 0. The summed E-state index contributed by atoms with van der Waals surface area (Å²) < 4.78 is 5.95. The van der Waals surface area contributed by atoms with Crippen LogP contribution in [0.5, 0.6) is 0 Å². The summed E-state index contributed by atoms with van der Waals surface area (Å²) in [6, 6.07) is 31.0. The molecule has 0 N–H and O–H groups in total. The number of carbonyl (C=O) groups excluding carboxylic acids is 2. The Labute approximate surface area is 319 Å². The number of fused-ring (bicyclic) bond motifs is 5. The van der Waals surface area contributed by atoms with Crippen LogP contribution < -0.4 is 15.9 Å². The minimum absolute atomic E-state index is 0.00248. The minimum atomic E-state index is -2.75. The summed E-state index contributed by atoms with van der Waals surface area (Å²) in [4.78, 5) is 31.3. The molecular weight excluding hydrogens is 670 g/mol. The Morgan fingerprint density at radius 1 is 0.736 bits per heavy atom. The maximum Gasteiger partial charge on any atom is 0.302 e. The van der Waals surface area contributed by atoms with E-state index in [0.717, 1.165) is 35.2 Å². The fraction of sp³-hybridized carbons (Fsp3) is 0.542. The van der Waals surface area contributed by atoms with E-state index in [4.69, 9.17) is 11.3 Å². The first-order chi connectivity index (χ1) is 25.2. The fourth-order valence-corrected chi connectivity index (χ4v) is 17.6. The van der Waals surface area contributed by atoms with E-state index in [1.807, 2.05) is 54.6 Å². The average molecular weight is 730 g/mol. The van der Waals surface area contributed by atoms with Crippen LogP contribution in [0.3, 0.4) is 0 Å². The minimum Gasteiger partial charge on any atom is -0.462 e. The molecule has 0 aliphatic heterocycles. The van der Waals surface area contributed by atoms with Crippen LogP contribution >= 0.6 is 6.89 Å². The molecule has 0 radical (unpaired) electrons. The molecule has 0 heterocycles. The molecule has 3 aromatic carbocycles. The standard InChI is InChI=1S/C48H60NO3P/c1-33(32-41(51)44(49-8)53(35-18-12-9-13-19-35,36-20-14-10-15-21-36)37-22-16-11-17-23-37)38-26-30-48(7)40-24-25-42-45(3,4)43(52-34(2)50)28-29-46(42,5)39(40)27-31-47(38,48)6/h9-23,33,38-40,42-43H,24-32H2,1-7H3/t33-,38?,39?,40?,42?,43+,46-,47-,48+/m1/s1. The van der Waals surface area contributed by atoms with Crippen molar-refractivity contribution in [2.24, 2.45) is 51.2 Å². The van der Waals surface area contributed by atoms with Crippen molar-refractivity contribution in [3.05, 3.63) is 102 Å². The second-order valence-corrected chi connectivity index (χ2v) is 21.9. The molecule has 4 aliphatic rings. The molecule has 4 aliphatic carbocycles. The molecule has 4 fully saturated rings. The summed E-state index contributed by atoms with van der Waals surface area (Å²) in [6.07, 6.45) is 9.71. The van der Waals surface area contributed by atoms with E-state index in [1.165, 1.54) is 32.1 Å². The molecule has 0 spiro atoms. The van der Waals surface area contributed by atoms with Gasteiger partial charge in [0.2, 0.25) is 5.42 Å². The molecule has 4 unspecified atom stereocenters. The number of ketones is 1. The summed E-state index contributed by atoms with van der Waals surface area (Å²) in [5, 5.41) is 3.16. The summed E-state index contributed by atoms with van der Waals surface area (Å²) in [7, 11) is 0. The highest BCUT2D eigenvalue weighted by molar-refractivity contribution is 7.96. The average Bonchev–Trinajstić information content (AvgIpc) is 3.43. The molecule has 7 rings (SSSR count). The lowest BCUT2D eigenvalue weighted by atomic mass is 9.38. The first-order valence-corrected chi connectivity index (χ1v) is 22.1. The topological polar surface area (TPSA) is 47.7 Å². The van der Waals surface area contributed by atoms with Crippen LogP contribution in [0.15, 0.2) is 91.0 Å². The third-order valence-electron chi connectivity index (χ3n) is 16.1. The predicted octanol–water partition coefficient (Wildman–Crippen LogP) is 10.2. The van der Waals surface area contributed by atoms with Gasteiger partial charge in [-0.2, -0.15) is 0 Å². The van der Waals surface area contributed by atoms with Gasteiger partial charge in [0, 0.05) is 18.8 Å². The molecule has 280 valence electrons. The highest BCUT2D eigenvalue weighted by Gasteiger charge is 2.68. The molecule has 0 saturated heterocycles. The molecular formula is C48H60NO3P. The van der Waals surface area contributed by atoms with Gasteiger partial charge < -0.3 is 9.53 Å². The molecule has 53 heavy (non-hydrogen) atoms. The lowest BCUT2D eigenvalue weighted by molar-refractivity contribution is -0.209. The van der Waals surface area contributed by atoms with Crippen LogP contribution in [0, 0.1) is 57.8 Å². The van der Waals surface area contributed by atoms with Crippen LogP contribution in [0.2, 0.25) is 0 Å². The zero-order chi connectivity index (χ0) is 37.8. The first-order valence-electron chi connectivity index (χ1n) is 20.3. The molecule has 0 bridgehead atoms. The Balaban J connectivity index is 1.21. The number of ether oxygens (including phenoxy) is 1. The Bertz CT molecular complexity index is 1830. The molecule has 0 aromatic heterocycles. The smallest absolute Gasteiger partial charge is 0.302 e.